The van der Waals surface area contributed by atoms with E-state index in [1.807, 2.05) is 42.3 Å². The van der Waals surface area contributed by atoms with E-state index in [0.29, 0.717) is 16.7 Å². The molecule has 0 saturated carbocycles. The largest absolute Gasteiger partial charge is 0.321 e. The molecule has 1 heterocycles. The fourth-order valence-corrected chi connectivity index (χ4v) is 2.36. The standard InChI is InChI=1S/C18H15ClN4O/c1-23(15-8-3-2-4-9-15)18-20-11-10-16(22-18)17(24)21-14-7-5-6-13(19)12-14/h2-12H,1H3,(H,21,24). The van der Waals surface area contributed by atoms with Gasteiger partial charge < -0.3 is 10.2 Å². The van der Waals surface area contributed by atoms with Gasteiger partial charge in [0.2, 0.25) is 5.95 Å². The molecule has 0 bridgehead atoms. The van der Waals surface area contributed by atoms with Crippen molar-refractivity contribution in [3.05, 3.63) is 77.6 Å². The molecule has 6 heteroatoms. The molecule has 24 heavy (non-hydrogen) atoms. The van der Waals surface area contributed by atoms with Crippen molar-refractivity contribution < 1.29 is 4.79 Å². The van der Waals surface area contributed by atoms with Crippen LogP contribution in [-0.4, -0.2) is 22.9 Å². The highest BCUT2D eigenvalue weighted by Gasteiger charge is 2.12. The number of aromatic nitrogens is 2. The van der Waals surface area contributed by atoms with Crippen molar-refractivity contribution in [2.75, 3.05) is 17.3 Å². The second kappa shape index (κ2) is 7.10. The molecule has 0 fully saturated rings. The lowest BCUT2D eigenvalue weighted by Gasteiger charge is -2.17. The van der Waals surface area contributed by atoms with Gasteiger partial charge in [-0.1, -0.05) is 35.9 Å². The van der Waals surface area contributed by atoms with Crippen LogP contribution in [0.3, 0.4) is 0 Å². The van der Waals surface area contributed by atoms with Crippen molar-refractivity contribution in [3.8, 4) is 0 Å². The number of halogens is 1. The monoisotopic (exact) mass is 338 g/mol. The Balaban J connectivity index is 1.81. The summed E-state index contributed by atoms with van der Waals surface area (Å²) in [5.74, 6) is 0.127. The number of anilines is 3. The first-order valence-corrected chi connectivity index (χ1v) is 7.70. The number of rotatable bonds is 4. The molecule has 3 rings (SSSR count). The number of amides is 1. The predicted octanol–water partition coefficient (Wildman–Crippen LogP) is 4.15. The first-order valence-electron chi connectivity index (χ1n) is 7.32. The van der Waals surface area contributed by atoms with Gasteiger partial charge in [-0.3, -0.25) is 4.79 Å². The number of nitrogens with zero attached hydrogens (tertiary/aromatic N) is 3. The molecule has 0 saturated heterocycles. The van der Waals surface area contributed by atoms with Gasteiger partial charge in [0.05, 0.1) is 0 Å². The fourth-order valence-electron chi connectivity index (χ4n) is 2.16. The van der Waals surface area contributed by atoms with Gasteiger partial charge in [0.25, 0.3) is 5.91 Å². The van der Waals surface area contributed by atoms with Gasteiger partial charge in [0.15, 0.2) is 0 Å². The summed E-state index contributed by atoms with van der Waals surface area (Å²) in [7, 11) is 1.85. The van der Waals surface area contributed by atoms with E-state index in [4.69, 9.17) is 11.6 Å². The molecule has 0 aliphatic carbocycles. The van der Waals surface area contributed by atoms with Crippen LogP contribution >= 0.6 is 11.6 Å². The number of carbonyl (C=O) groups is 1. The van der Waals surface area contributed by atoms with Crippen molar-refractivity contribution >= 4 is 34.8 Å². The molecule has 0 radical (unpaired) electrons. The average Bonchev–Trinajstić information content (AvgIpc) is 2.62. The van der Waals surface area contributed by atoms with Crippen molar-refractivity contribution in [3.63, 3.8) is 0 Å². The third kappa shape index (κ3) is 3.70. The molecule has 0 atom stereocenters. The lowest BCUT2D eigenvalue weighted by Crippen LogP contribution is -2.18. The average molecular weight is 339 g/mol. The normalized spacial score (nSPS) is 10.2. The maximum Gasteiger partial charge on any atom is 0.274 e. The van der Waals surface area contributed by atoms with Gasteiger partial charge in [-0.15, -0.1) is 0 Å². The Morgan fingerprint density at radius 2 is 1.88 bits per heavy atom. The number of benzene rings is 2. The van der Waals surface area contributed by atoms with E-state index in [2.05, 4.69) is 15.3 Å². The minimum absolute atomic E-state index is 0.280. The molecule has 3 aromatic rings. The van der Waals surface area contributed by atoms with E-state index in [-0.39, 0.29) is 11.6 Å². The third-order valence-electron chi connectivity index (χ3n) is 3.40. The Morgan fingerprint density at radius 3 is 2.62 bits per heavy atom. The lowest BCUT2D eigenvalue weighted by atomic mass is 10.3. The van der Waals surface area contributed by atoms with Gasteiger partial charge in [0.1, 0.15) is 5.69 Å². The quantitative estimate of drug-likeness (QED) is 0.776. The van der Waals surface area contributed by atoms with Gasteiger partial charge in [-0.25, -0.2) is 9.97 Å². The molecule has 0 aliphatic rings. The Bertz CT molecular complexity index is 854. The zero-order chi connectivity index (χ0) is 16.9. The zero-order valence-corrected chi connectivity index (χ0v) is 13.7. The molecule has 1 amide bonds. The van der Waals surface area contributed by atoms with Gasteiger partial charge in [-0.2, -0.15) is 0 Å². The van der Waals surface area contributed by atoms with Crippen LogP contribution in [0, 0.1) is 0 Å². The minimum atomic E-state index is -0.317. The number of nitrogens with one attached hydrogen (secondary N) is 1. The van der Waals surface area contributed by atoms with E-state index in [1.54, 1.807) is 36.5 Å². The Morgan fingerprint density at radius 1 is 1.08 bits per heavy atom. The van der Waals surface area contributed by atoms with E-state index in [0.717, 1.165) is 5.69 Å². The molecule has 1 N–H and O–H groups in total. The van der Waals surface area contributed by atoms with E-state index >= 15 is 0 Å². The van der Waals surface area contributed by atoms with E-state index in [1.165, 1.54) is 0 Å². The van der Waals surface area contributed by atoms with Crippen molar-refractivity contribution in [1.29, 1.82) is 0 Å². The Labute approximate surface area is 144 Å². The van der Waals surface area contributed by atoms with Crippen LogP contribution < -0.4 is 10.2 Å². The molecular formula is C18H15ClN4O. The molecular weight excluding hydrogens is 324 g/mol. The first-order chi connectivity index (χ1) is 11.6. The van der Waals surface area contributed by atoms with Crippen LogP contribution in [0.2, 0.25) is 5.02 Å². The number of carbonyl (C=O) groups excluding carboxylic acids is 1. The van der Waals surface area contributed by atoms with Gasteiger partial charge >= 0.3 is 0 Å². The first kappa shape index (κ1) is 16.0. The number of hydrogen-bond acceptors (Lipinski definition) is 4. The summed E-state index contributed by atoms with van der Waals surface area (Å²) in [6, 6.07) is 18.2. The predicted molar refractivity (Wildman–Crippen MR) is 95.9 cm³/mol. The zero-order valence-electron chi connectivity index (χ0n) is 13.0. The maximum atomic E-state index is 12.4. The second-order valence-corrected chi connectivity index (χ2v) is 5.54. The summed E-state index contributed by atoms with van der Waals surface area (Å²) in [5, 5.41) is 3.33. The number of hydrogen-bond donors (Lipinski definition) is 1. The lowest BCUT2D eigenvalue weighted by molar-refractivity contribution is 0.102. The number of para-hydroxylation sites is 1. The minimum Gasteiger partial charge on any atom is -0.321 e. The van der Waals surface area contributed by atoms with Crippen LogP contribution in [0.25, 0.3) is 0 Å². The second-order valence-electron chi connectivity index (χ2n) is 5.10. The van der Waals surface area contributed by atoms with E-state index < -0.39 is 0 Å². The van der Waals surface area contributed by atoms with Crippen LogP contribution in [-0.2, 0) is 0 Å². The Kier molecular flexibility index (Phi) is 4.72. The summed E-state index contributed by atoms with van der Waals surface area (Å²) < 4.78 is 0. The van der Waals surface area contributed by atoms with Crippen molar-refractivity contribution in [2.45, 2.75) is 0 Å². The van der Waals surface area contributed by atoms with Crippen molar-refractivity contribution in [1.82, 2.24) is 9.97 Å². The van der Waals surface area contributed by atoms with Crippen LogP contribution in [0.1, 0.15) is 10.5 Å². The van der Waals surface area contributed by atoms with Crippen molar-refractivity contribution in [2.24, 2.45) is 0 Å². The summed E-state index contributed by atoms with van der Waals surface area (Å²) in [6.07, 6.45) is 1.56. The molecule has 1 aromatic heterocycles. The summed E-state index contributed by atoms with van der Waals surface area (Å²) >= 11 is 5.93. The summed E-state index contributed by atoms with van der Waals surface area (Å²) in [4.78, 5) is 22.8. The molecule has 120 valence electrons. The van der Waals surface area contributed by atoms with Crippen LogP contribution in [0.4, 0.5) is 17.3 Å². The fraction of sp³-hybridized carbons (Fsp3) is 0.0556. The van der Waals surface area contributed by atoms with E-state index in [9.17, 15) is 4.79 Å². The molecule has 0 aliphatic heterocycles. The van der Waals surface area contributed by atoms with Crippen LogP contribution in [0.15, 0.2) is 66.9 Å². The molecule has 5 nitrogen and oxygen atoms in total. The summed E-state index contributed by atoms with van der Waals surface area (Å²) in [5.41, 5.74) is 1.83. The van der Waals surface area contributed by atoms with Crippen LogP contribution in [0.5, 0.6) is 0 Å². The molecule has 2 aromatic carbocycles. The SMILES string of the molecule is CN(c1ccccc1)c1nccc(C(=O)Nc2cccc(Cl)c2)n1. The molecule has 0 unspecified atom stereocenters. The highest BCUT2D eigenvalue weighted by Crippen LogP contribution is 2.20. The smallest absolute Gasteiger partial charge is 0.274 e. The maximum absolute atomic E-state index is 12.4. The van der Waals surface area contributed by atoms with Gasteiger partial charge in [0, 0.05) is 29.6 Å². The Hall–Kier alpha value is -2.92. The highest BCUT2D eigenvalue weighted by atomic mass is 35.5. The van der Waals surface area contributed by atoms with Gasteiger partial charge in [-0.05, 0) is 36.4 Å². The highest BCUT2D eigenvalue weighted by molar-refractivity contribution is 6.30. The third-order valence-corrected chi connectivity index (χ3v) is 3.64. The topological polar surface area (TPSA) is 58.1 Å². The summed E-state index contributed by atoms with van der Waals surface area (Å²) in [6.45, 7) is 0. The molecule has 0 spiro atoms.